The quantitative estimate of drug-likeness (QED) is 0.0720. The number of hydrogen-bond acceptors (Lipinski definition) is 28. The number of imidazole rings is 5. The smallest absolute Gasteiger partial charge is 0.359 e. The summed E-state index contributed by atoms with van der Waals surface area (Å²) in [5, 5.41) is 51.7. The van der Waals surface area contributed by atoms with Crippen LogP contribution in [0.15, 0.2) is 211 Å². The van der Waals surface area contributed by atoms with Crippen LogP contribution in [-0.4, -0.2) is 185 Å². The van der Waals surface area contributed by atoms with E-state index in [0.29, 0.717) is 143 Å². The van der Waals surface area contributed by atoms with Gasteiger partial charge in [0, 0.05) is 87.0 Å². The summed E-state index contributed by atoms with van der Waals surface area (Å²) >= 11 is 6.39. The number of rotatable bonds is 14. The van der Waals surface area contributed by atoms with Crippen LogP contribution in [-0.2, 0) is 65.6 Å². The standard InChI is InChI=1S/C23H20ClN5O2.C22H16FN7O.C22H20N6O2.C17H16FN5O2.C16H12FN7O/c1-3-31-23(30)22-21-12-19-17(11-15-6-4-5-7-16(15)24)26-27-29(19)20-10-14(2)8-9-18(20)28(21)13-25-22;1-13-25-22(31-27-13)21-20-11-18-16(9-14-5-3-2-4-6-14)26-28-30(18)19-10-15(23)7-8-17(19)29(20)12-24-21;1-3-30-22(29)21-20-11-18-16(10-15-5-4-8-23-12-15)25-26-28(18)19-9-14(2)6-7-17(19)27(20)13-24-21;1-9(2)25-17(24)16-15-7-13-10(3)20-21-23(13)14-6-11(18)4-5-12(14)22(15)8-19-16;1-8-12-6-14-15(16-19-9(2)21-25-16)18-7-23(14)11-4-3-10(17)5-13(11)24(12)22-20-8/h4-10,13H,3,11-12H2,1-2H3;2-8,10,12H,9,11H2,1H3;4-9,12-13H,3,10-11H2,1-2H3;4-6,8-9H,7H2,1-3H3;3-5,7H,6H2,1-2H3. The third-order valence-electron chi connectivity index (χ3n) is 24.5. The maximum Gasteiger partial charge on any atom is 0.359 e. The van der Waals surface area contributed by atoms with Gasteiger partial charge in [-0.1, -0.05) is 115 Å². The Morgan fingerprint density at radius 3 is 1.18 bits per heavy atom. The molecule has 0 amide bonds. The molecule has 13 aromatic heterocycles. The highest BCUT2D eigenvalue weighted by Gasteiger charge is 2.37. The first-order chi connectivity index (χ1) is 69.0. The van der Waals surface area contributed by atoms with Crippen molar-refractivity contribution in [3.63, 3.8) is 0 Å². The van der Waals surface area contributed by atoms with Gasteiger partial charge in [-0.2, -0.15) is 9.97 Å². The molecule has 38 nitrogen and oxygen atoms in total. The van der Waals surface area contributed by atoms with Crippen LogP contribution in [0.4, 0.5) is 13.2 Å². The lowest BCUT2D eigenvalue weighted by Gasteiger charge is -2.10. The van der Waals surface area contributed by atoms with Crippen LogP contribution in [0.2, 0.25) is 5.02 Å². The molecule has 18 heterocycles. The van der Waals surface area contributed by atoms with Crippen LogP contribution >= 0.6 is 11.6 Å². The molecule has 20 aromatic rings. The van der Waals surface area contributed by atoms with Crippen molar-refractivity contribution in [3.05, 3.63) is 366 Å². The maximum absolute atomic E-state index is 14.2. The number of fused-ring (bicyclic) bond motifs is 25. The van der Waals surface area contributed by atoms with Gasteiger partial charge in [-0.05, 0) is 170 Å². The third kappa shape index (κ3) is 17.1. The SMILES string of the molecule is CCOC(=O)c1ncn2c1Cc1c(Cc3ccccc3Cl)nnn1-c1cc(C)ccc1-2.CCOC(=O)c1ncn2c1Cc1c(Cc3cccnc3)nnn1-c1cc(C)ccc1-2.Cc1nnn2c1Cc1c(C(=O)OC(C)C)ncn1-c1ccc(F)cc1-2.Cc1noc(-c2ncn3c2Cc2c(C)nnn2-c2cc(F)ccc2-3)n1.Cc1noc(-c2ncn3c2Cc2c(Cc4ccccc4)nnn2-c2cc(F)ccc2-3)n1. The summed E-state index contributed by atoms with van der Waals surface area (Å²) in [6, 6.07) is 47.5. The molecule has 5 aliphatic heterocycles. The van der Waals surface area contributed by atoms with Gasteiger partial charge in [0.2, 0.25) is 0 Å². The fraction of sp³-hybridized carbons (Fsp3) is 0.210. The number of aromatic nitrogens is 30. The summed E-state index contributed by atoms with van der Waals surface area (Å²) in [4.78, 5) is 72.3. The molecule has 5 aliphatic rings. The highest BCUT2D eigenvalue weighted by molar-refractivity contribution is 6.31. The highest BCUT2D eigenvalue weighted by Crippen LogP contribution is 2.40. The van der Waals surface area contributed by atoms with Gasteiger partial charge in [-0.15, -0.1) is 25.5 Å². The molecule has 0 atom stereocenters. The molecular formula is C100H84ClF3N30O8. The molecule has 7 aromatic carbocycles. The van der Waals surface area contributed by atoms with E-state index in [1.165, 1.54) is 36.4 Å². The summed E-state index contributed by atoms with van der Waals surface area (Å²) in [5.74, 6) is -0.621. The summed E-state index contributed by atoms with van der Waals surface area (Å²) in [6.45, 7) is 19.0. The molecular weight excluding hydrogens is 1840 g/mol. The Kier molecular flexibility index (Phi) is 24.0. The Labute approximate surface area is 810 Å². The number of esters is 3. The lowest BCUT2D eigenvalue weighted by Crippen LogP contribution is -2.15. The number of ether oxygens (including phenoxy) is 3. The van der Waals surface area contributed by atoms with Crippen molar-refractivity contribution < 1.29 is 50.8 Å². The highest BCUT2D eigenvalue weighted by atomic mass is 35.5. The third-order valence-corrected chi connectivity index (χ3v) is 24.9. The van der Waals surface area contributed by atoms with E-state index in [1.54, 1.807) is 116 Å². The average molecular weight is 1930 g/mol. The Morgan fingerprint density at radius 2 is 0.754 bits per heavy atom. The molecule has 142 heavy (non-hydrogen) atoms. The molecule has 0 radical (unpaired) electrons. The molecule has 0 fully saturated rings. The Morgan fingerprint density at radius 1 is 0.387 bits per heavy atom. The fourth-order valence-electron chi connectivity index (χ4n) is 17.9. The van der Waals surface area contributed by atoms with Gasteiger partial charge in [-0.3, -0.25) is 27.8 Å². The number of pyridine rings is 1. The van der Waals surface area contributed by atoms with Crippen molar-refractivity contribution in [3.8, 4) is 80.0 Å². The molecule has 710 valence electrons. The second kappa shape index (κ2) is 37.6. The fourth-order valence-corrected chi connectivity index (χ4v) is 18.1. The molecule has 0 bridgehead atoms. The Bertz CT molecular complexity index is 8290. The number of hydrogen-bond donors (Lipinski definition) is 0. The number of aryl methyl sites for hydroxylation is 6. The second-order valence-electron chi connectivity index (χ2n) is 34.2. The van der Waals surface area contributed by atoms with E-state index in [0.717, 1.165) is 136 Å². The first-order valence-corrected chi connectivity index (χ1v) is 45.7. The van der Waals surface area contributed by atoms with Crippen LogP contribution in [0, 0.1) is 59.0 Å². The molecule has 25 rings (SSSR count). The van der Waals surface area contributed by atoms with E-state index in [-0.39, 0.29) is 35.9 Å². The molecule has 0 spiro atoms. The summed E-state index contributed by atoms with van der Waals surface area (Å²) in [5.41, 5.74) is 27.2. The number of carbonyl (C=O) groups is 3. The van der Waals surface area contributed by atoms with Gasteiger partial charge in [0.1, 0.15) is 49.1 Å². The van der Waals surface area contributed by atoms with Gasteiger partial charge in [0.15, 0.2) is 40.1 Å². The minimum atomic E-state index is -0.481. The van der Waals surface area contributed by atoms with Crippen molar-refractivity contribution >= 4 is 29.5 Å². The second-order valence-corrected chi connectivity index (χ2v) is 34.6. The molecule has 0 saturated carbocycles. The normalized spacial score (nSPS) is 12.2. The van der Waals surface area contributed by atoms with E-state index in [9.17, 15) is 27.6 Å². The van der Waals surface area contributed by atoms with Crippen molar-refractivity contribution in [2.45, 2.75) is 127 Å². The van der Waals surface area contributed by atoms with Crippen LogP contribution in [0.25, 0.3) is 80.0 Å². The lowest BCUT2D eigenvalue weighted by molar-refractivity contribution is 0.0368. The monoisotopic (exact) mass is 1920 g/mol. The Hall–Kier alpha value is -17.8. The number of benzene rings is 7. The van der Waals surface area contributed by atoms with E-state index in [4.69, 9.17) is 34.9 Å². The van der Waals surface area contributed by atoms with Crippen LogP contribution < -0.4 is 0 Å². The zero-order chi connectivity index (χ0) is 98.0. The lowest BCUT2D eigenvalue weighted by atomic mass is 10.1. The average Bonchev–Trinajstić information content (AvgIpc) is 1.61. The zero-order valence-electron chi connectivity index (χ0n) is 77.9. The van der Waals surface area contributed by atoms with Gasteiger partial charge in [0.25, 0.3) is 11.8 Å². The van der Waals surface area contributed by atoms with Crippen molar-refractivity contribution in [2.24, 2.45) is 0 Å². The molecule has 42 heteroatoms. The number of nitrogens with zero attached hydrogens (tertiary/aromatic N) is 30. The van der Waals surface area contributed by atoms with Crippen LogP contribution in [0.1, 0.15) is 184 Å². The number of carbonyl (C=O) groups excluding carboxylic acids is 3. The van der Waals surface area contributed by atoms with E-state index in [2.05, 4.69) is 114 Å². The van der Waals surface area contributed by atoms with Crippen molar-refractivity contribution in [1.82, 2.24) is 148 Å². The van der Waals surface area contributed by atoms with Gasteiger partial charge < -0.3 is 23.3 Å². The summed E-state index contributed by atoms with van der Waals surface area (Å²) in [6.07, 6.45) is 15.6. The van der Waals surface area contributed by atoms with Gasteiger partial charge in [0.05, 0.1) is 162 Å². The minimum Gasteiger partial charge on any atom is -0.461 e. The number of halogens is 4. The topological polar surface area (TPSA) is 412 Å². The predicted molar refractivity (Wildman–Crippen MR) is 504 cm³/mol. The first kappa shape index (κ1) is 90.7. The molecule has 0 aliphatic carbocycles. The molecule has 0 N–H and O–H groups in total. The van der Waals surface area contributed by atoms with E-state index < -0.39 is 17.9 Å². The largest absolute Gasteiger partial charge is 0.461 e. The maximum atomic E-state index is 14.2. The van der Waals surface area contributed by atoms with Crippen molar-refractivity contribution in [2.75, 3.05) is 13.2 Å². The van der Waals surface area contributed by atoms with Crippen LogP contribution in [0.3, 0.4) is 0 Å². The summed E-state index contributed by atoms with van der Waals surface area (Å²) < 4.78 is 86.5. The van der Waals surface area contributed by atoms with Gasteiger partial charge >= 0.3 is 17.9 Å². The Balaban J connectivity index is 0.000000105. The van der Waals surface area contributed by atoms with E-state index >= 15 is 0 Å². The van der Waals surface area contributed by atoms with E-state index in [1.807, 2.05) is 153 Å². The zero-order valence-corrected chi connectivity index (χ0v) is 78.7. The molecule has 0 saturated heterocycles. The first-order valence-electron chi connectivity index (χ1n) is 45.4. The van der Waals surface area contributed by atoms with Crippen LogP contribution in [0.5, 0.6) is 0 Å². The predicted octanol–water partition coefficient (Wildman–Crippen LogP) is 14.9. The van der Waals surface area contributed by atoms with Crippen molar-refractivity contribution in [1.29, 1.82) is 0 Å². The molecule has 0 unspecified atom stereocenters. The van der Waals surface area contributed by atoms with Gasteiger partial charge in [-0.25, -0.2) is 75.9 Å². The minimum absolute atomic E-state index is 0.244. The summed E-state index contributed by atoms with van der Waals surface area (Å²) in [7, 11) is 0.